The Bertz CT molecular complexity index is 890. The highest BCUT2D eigenvalue weighted by Gasteiger charge is 2.17. The molecule has 1 heterocycles. The second-order valence-electron chi connectivity index (χ2n) is 5.92. The molecule has 0 aliphatic carbocycles. The molecular formula is C18H19ClN2O3. The molecule has 0 radical (unpaired) electrons. The summed E-state index contributed by atoms with van der Waals surface area (Å²) in [5, 5.41) is 23.5. The van der Waals surface area contributed by atoms with E-state index in [1.54, 1.807) is 6.92 Å². The van der Waals surface area contributed by atoms with Gasteiger partial charge in [0.15, 0.2) is 0 Å². The van der Waals surface area contributed by atoms with Gasteiger partial charge in [0.05, 0.1) is 18.6 Å². The highest BCUT2D eigenvalue weighted by molar-refractivity contribution is 6.31. The topological polar surface area (TPSA) is 85.3 Å². The van der Waals surface area contributed by atoms with Crippen LogP contribution in [-0.2, 0) is 4.79 Å². The fourth-order valence-electron chi connectivity index (χ4n) is 2.75. The molecule has 5 nitrogen and oxygen atoms in total. The van der Waals surface area contributed by atoms with Crippen LogP contribution in [0, 0.1) is 0 Å². The van der Waals surface area contributed by atoms with Crippen molar-refractivity contribution < 1.29 is 15.0 Å². The molecule has 1 amide bonds. The lowest BCUT2D eigenvalue weighted by atomic mass is 9.98. The highest BCUT2D eigenvalue weighted by Crippen LogP contribution is 2.30. The molecule has 0 aliphatic heterocycles. The molecule has 126 valence electrons. The fourth-order valence-corrected chi connectivity index (χ4v) is 2.92. The number of hydrogen-bond donors (Lipinski definition) is 4. The van der Waals surface area contributed by atoms with E-state index in [1.165, 1.54) is 0 Å². The zero-order valence-electron chi connectivity index (χ0n) is 13.2. The van der Waals surface area contributed by atoms with E-state index in [2.05, 4.69) is 10.3 Å². The van der Waals surface area contributed by atoms with Gasteiger partial charge in [0.25, 0.3) is 0 Å². The van der Waals surface area contributed by atoms with Crippen molar-refractivity contribution in [1.29, 1.82) is 0 Å². The smallest absolute Gasteiger partial charge is 0.227 e. The van der Waals surface area contributed by atoms with Gasteiger partial charge >= 0.3 is 0 Å². The third kappa shape index (κ3) is 3.24. The maximum Gasteiger partial charge on any atom is 0.227 e. The lowest BCUT2D eigenvalue weighted by Crippen LogP contribution is -2.36. The predicted molar refractivity (Wildman–Crippen MR) is 95.3 cm³/mol. The van der Waals surface area contributed by atoms with Crippen molar-refractivity contribution in [2.45, 2.75) is 18.9 Å². The first-order valence-electron chi connectivity index (χ1n) is 7.77. The number of benzene rings is 2. The monoisotopic (exact) mass is 346 g/mol. The highest BCUT2D eigenvalue weighted by atomic mass is 35.5. The van der Waals surface area contributed by atoms with E-state index in [0.717, 1.165) is 27.4 Å². The molecule has 4 N–H and O–H groups in total. The number of hydrogen-bond acceptors (Lipinski definition) is 3. The van der Waals surface area contributed by atoms with Crippen molar-refractivity contribution in [2.24, 2.45) is 0 Å². The molecule has 0 unspecified atom stereocenters. The Hall–Kier alpha value is -2.08. The molecule has 0 saturated carbocycles. The second kappa shape index (κ2) is 6.81. The largest absolute Gasteiger partial charge is 0.394 e. The van der Waals surface area contributed by atoms with Gasteiger partial charge in [-0.2, -0.15) is 0 Å². The van der Waals surface area contributed by atoms with E-state index in [1.807, 2.05) is 36.4 Å². The summed E-state index contributed by atoms with van der Waals surface area (Å²) >= 11 is 6.07. The average molecular weight is 347 g/mol. The van der Waals surface area contributed by atoms with Gasteiger partial charge in [-0.1, -0.05) is 23.7 Å². The number of carbonyl (C=O) groups is 1. The standard InChI is InChI=1S/C18H19ClN2O3/c1-10(18(24)20-8-13(23)9-22)11-2-4-14-15-7-12(19)3-5-16(15)21-17(14)6-11/h2-7,10,13,21-23H,8-9H2,1H3,(H,20,24)/t10-,13-/m1/s1. The Labute approximate surface area is 144 Å². The number of aliphatic hydroxyl groups excluding tert-OH is 2. The summed E-state index contributed by atoms with van der Waals surface area (Å²) in [6.45, 7) is 1.46. The maximum atomic E-state index is 12.2. The lowest BCUT2D eigenvalue weighted by Gasteiger charge is -2.14. The van der Waals surface area contributed by atoms with Gasteiger partial charge in [0.2, 0.25) is 5.91 Å². The van der Waals surface area contributed by atoms with Crippen molar-refractivity contribution in [3.05, 3.63) is 47.0 Å². The van der Waals surface area contributed by atoms with E-state index in [4.69, 9.17) is 16.7 Å². The normalized spacial score (nSPS) is 14.0. The van der Waals surface area contributed by atoms with Crippen molar-refractivity contribution in [2.75, 3.05) is 13.2 Å². The van der Waals surface area contributed by atoms with Crippen LogP contribution in [0.4, 0.5) is 0 Å². The Morgan fingerprint density at radius 3 is 2.75 bits per heavy atom. The van der Waals surface area contributed by atoms with Gasteiger partial charge in [-0.25, -0.2) is 0 Å². The van der Waals surface area contributed by atoms with E-state index in [-0.39, 0.29) is 25.0 Å². The third-order valence-corrected chi connectivity index (χ3v) is 4.44. The summed E-state index contributed by atoms with van der Waals surface area (Å²) < 4.78 is 0. The molecule has 1 aromatic heterocycles. The minimum atomic E-state index is -0.943. The molecule has 3 aromatic rings. The molecule has 0 spiro atoms. The molecule has 0 fully saturated rings. The first kappa shape index (κ1) is 16.8. The van der Waals surface area contributed by atoms with Gasteiger partial charge in [0.1, 0.15) is 0 Å². The van der Waals surface area contributed by atoms with Gasteiger partial charge in [-0.15, -0.1) is 0 Å². The lowest BCUT2D eigenvalue weighted by molar-refractivity contribution is -0.122. The van der Waals surface area contributed by atoms with Crippen molar-refractivity contribution >= 4 is 39.3 Å². The number of amides is 1. The van der Waals surface area contributed by atoms with E-state index in [0.29, 0.717) is 5.02 Å². The number of rotatable bonds is 5. The SMILES string of the molecule is C[C@@H](C(=O)NC[C@@H](O)CO)c1ccc2c(c1)[nH]c1ccc(Cl)cc12. The number of H-pyrrole nitrogens is 1. The zero-order chi connectivity index (χ0) is 17.3. The molecule has 0 aliphatic rings. The van der Waals surface area contributed by atoms with Crippen LogP contribution in [0.3, 0.4) is 0 Å². The minimum Gasteiger partial charge on any atom is -0.394 e. The molecular weight excluding hydrogens is 328 g/mol. The quantitative estimate of drug-likeness (QED) is 0.572. The number of aliphatic hydroxyl groups is 2. The number of aromatic amines is 1. The molecule has 3 rings (SSSR count). The van der Waals surface area contributed by atoms with E-state index >= 15 is 0 Å². The summed E-state index contributed by atoms with van der Waals surface area (Å²) in [5.41, 5.74) is 2.81. The summed E-state index contributed by atoms with van der Waals surface area (Å²) in [6.07, 6.45) is -0.943. The van der Waals surface area contributed by atoms with Crippen LogP contribution >= 0.6 is 11.6 Å². The molecule has 0 bridgehead atoms. The van der Waals surface area contributed by atoms with Crippen molar-refractivity contribution in [3.8, 4) is 0 Å². The average Bonchev–Trinajstić information content (AvgIpc) is 2.95. The van der Waals surface area contributed by atoms with Gasteiger partial charge in [-0.05, 0) is 36.8 Å². The summed E-state index contributed by atoms with van der Waals surface area (Å²) in [5.74, 6) is -0.559. The van der Waals surface area contributed by atoms with Crippen LogP contribution in [0.25, 0.3) is 21.8 Å². The van der Waals surface area contributed by atoms with Crippen LogP contribution in [-0.4, -0.2) is 40.4 Å². The predicted octanol–water partition coefficient (Wildman–Crippen LogP) is 2.55. The summed E-state index contributed by atoms with van der Waals surface area (Å²) in [6, 6.07) is 11.5. The Balaban J connectivity index is 1.87. The molecule has 2 atom stereocenters. The fraction of sp³-hybridized carbons (Fsp3) is 0.278. The first-order chi connectivity index (χ1) is 11.5. The maximum absolute atomic E-state index is 12.2. The van der Waals surface area contributed by atoms with Crippen LogP contribution < -0.4 is 5.32 Å². The number of halogens is 1. The zero-order valence-corrected chi connectivity index (χ0v) is 14.0. The van der Waals surface area contributed by atoms with Gasteiger partial charge in [0, 0.05) is 33.4 Å². The van der Waals surface area contributed by atoms with Crippen LogP contribution in [0.15, 0.2) is 36.4 Å². The number of aromatic nitrogens is 1. The molecule has 0 saturated heterocycles. The second-order valence-corrected chi connectivity index (χ2v) is 6.36. The van der Waals surface area contributed by atoms with Gasteiger partial charge < -0.3 is 20.5 Å². The Morgan fingerprint density at radius 2 is 2.00 bits per heavy atom. The Morgan fingerprint density at radius 1 is 1.21 bits per heavy atom. The first-order valence-corrected chi connectivity index (χ1v) is 8.15. The number of nitrogens with one attached hydrogen (secondary N) is 2. The number of fused-ring (bicyclic) bond motifs is 3. The molecule has 24 heavy (non-hydrogen) atoms. The summed E-state index contributed by atoms with van der Waals surface area (Å²) in [4.78, 5) is 15.5. The van der Waals surface area contributed by atoms with Gasteiger partial charge in [-0.3, -0.25) is 4.79 Å². The Kier molecular flexibility index (Phi) is 4.76. The van der Waals surface area contributed by atoms with E-state index in [9.17, 15) is 9.90 Å². The molecule has 2 aromatic carbocycles. The molecule has 6 heteroatoms. The number of carbonyl (C=O) groups excluding carboxylic acids is 1. The van der Waals surface area contributed by atoms with Crippen molar-refractivity contribution in [1.82, 2.24) is 10.3 Å². The van der Waals surface area contributed by atoms with Crippen LogP contribution in [0.1, 0.15) is 18.4 Å². The van der Waals surface area contributed by atoms with Crippen molar-refractivity contribution in [3.63, 3.8) is 0 Å². The van der Waals surface area contributed by atoms with Crippen LogP contribution in [0.5, 0.6) is 0 Å². The summed E-state index contributed by atoms with van der Waals surface area (Å²) in [7, 11) is 0. The van der Waals surface area contributed by atoms with Crippen LogP contribution in [0.2, 0.25) is 5.02 Å². The van der Waals surface area contributed by atoms with E-state index < -0.39 is 6.10 Å². The third-order valence-electron chi connectivity index (χ3n) is 4.20. The minimum absolute atomic E-state index is 0.0345.